The van der Waals surface area contributed by atoms with E-state index in [0.29, 0.717) is 11.8 Å². The van der Waals surface area contributed by atoms with Gasteiger partial charge >= 0.3 is 0 Å². The van der Waals surface area contributed by atoms with Crippen LogP contribution >= 0.6 is 0 Å². The molecule has 3 saturated carbocycles. The number of carbonyl (C=O) groups excluding carboxylic acids is 1. The predicted octanol–water partition coefficient (Wildman–Crippen LogP) is 2.68. The average molecular weight is 221 g/mol. The number of rotatable bonds is 5. The van der Waals surface area contributed by atoms with E-state index in [2.05, 4.69) is 11.8 Å². The highest BCUT2D eigenvalue weighted by molar-refractivity contribution is 5.79. The summed E-state index contributed by atoms with van der Waals surface area (Å²) in [6.07, 6.45) is 7.63. The molecule has 1 amide bonds. The Hall–Kier alpha value is -0.530. The molecule has 3 aliphatic carbocycles. The molecular formula is C14H23NO. The molecule has 0 spiro atoms. The summed E-state index contributed by atoms with van der Waals surface area (Å²) < 4.78 is 0. The molecular weight excluding hydrogens is 198 g/mol. The molecule has 2 atom stereocenters. The zero-order valence-electron chi connectivity index (χ0n) is 10.3. The van der Waals surface area contributed by atoms with Crippen LogP contribution in [0.2, 0.25) is 0 Å². The van der Waals surface area contributed by atoms with Gasteiger partial charge in [-0.3, -0.25) is 4.79 Å². The molecule has 2 heteroatoms. The van der Waals surface area contributed by atoms with Gasteiger partial charge in [-0.1, -0.05) is 6.92 Å². The summed E-state index contributed by atoms with van der Waals surface area (Å²) in [7, 11) is 0. The van der Waals surface area contributed by atoms with Gasteiger partial charge in [0.25, 0.3) is 0 Å². The number of hydrogen-bond donors (Lipinski definition) is 0. The molecule has 0 aromatic rings. The number of nitrogens with zero attached hydrogens (tertiary/aromatic N) is 1. The monoisotopic (exact) mass is 221 g/mol. The van der Waals surface area contributed by atoms with Crippen LogP contribution in [0.1, 0.15) is 45.4 Å². The highest BCUT2D eigenvalue weighted by Gasteiger charge is 2.48. The van der Waals surface area contributed by atoms with Crippen molar-refractivity contribution in [2.24, 2.45) is 23.7 Å². The molecule has 2 nitrogen and oxygen atoms in total. The zero-order valence-corrected chi connectivity index (χ0v) is 10.3. The Morgan fingerprint density at radius 3 is 2.44 bits per heavy atom. The first-order chi connectivity index (χ1) is 7.78. The van der Waals surface area contributed by atoms with Gasteiger partial charge in [0.15, 0.2) is 0 Å². The van der Waals surface area contributed by atoms with Gasteiger partial charge in [-0.05, 0) is 56.3 Å². The van der Waals surface area contributed by atoms with Crippen molar-refractivity contribution in [3.05, 3.63) is 0 Å². The van der Waals surface area contributed by atoms with Crippen molar-refractivity contribution in [1.82, 2.24) is 4.90 Å². The van der Waals surface area contributed by atoms with E-state index < -0.39 is 0 Å². The Kier molecular flexibility index (Phi) is 2.68. The number of fused-ring (bicyclic) bond motifs is 1. The smallest absolute Gasteiger partial charge is 0.225 e. The Morgan fingerprint density at radius 1 is 1.19 bits per heavy atom. The third-order valence-electron chi connectivity index (χ3n) is 4.57. The topological polar surface area (TPSA) is 20.3 Å². The molecule has 90 valence electrons. The van der Waals surface area contributed by atoms with Crippen LogP contribution in [0, 0.1) is 23.7 Å². The van der Waals surface area contributed by atoms with Crippen molar-refractivity contribution in [2.45, 2.75) is 45.4 Å². The Morgan fingerprint density at radius 2 is 1.88 bits per heavy atom. The maximum atomic E-state index is 12.4. The molecule has 0 N–H and O–H groups in total. The summed E-state index contributed by atoms with van der Waals surface area (Å²) in [5, 5.41) is 0. The van der Waals surface area contributed by atoms with Crippen LogP contribution in [0.15, 0.2) is 0 Å². The Bertz CT molecular complexity index is 274. The van der Waals surface area contributed by atoms with Crippen molar-refractivity contribution in [1.29, 1.82) is 0 Å². The second-order valence-corrected chi connectivity index (χ2v) is 6.15. The first-order valence-corrected chi connectivity index (χ1v) is 7.06. The summed E-state index contributed by atoms with van der Waals surface area (Å²) in [4.78, 5) is 14.6. The molecule has 0 aromatic heterocycles. The molecule has 0 bridgehead atoms. The maximum Gasteiger partial charge on any atom is 0.225 e. The average Bonchev–Trinajstić information content (AvgIpc) is 3.19. The van der Waals surface area contributed by atoms with Crippen LogP contribution in [-0.4, -0.2) is 23.9 Å². The van der Waals surface area contributed by atoms with Crippen LogP contribution in [0.4, 0.5) is 0 Å². The van der Waals surface area contributed by atoms with Crippen molar-refractivity contribution in [3.8, 4) is 0 Å². The largest absolute Gasteiger partial charge is 0.342 e. The van der Waals surface area contributed by atoms with E-state index >= 15 is 0 Å². The SMILES string of the molecule is CCCN(CC1CC1)C(=O)C1CC2CC2C1. The van der Waals surface area contributed by atoms with Gasteiger partial charge in [0.1, 0.15) is 0 Å². The molecule has 0 radical (unpaired) electrons. The molecule has 3 rings (SSSR count). The summed E-state index contributed by atoms with van der Waals surface area (Å²) in [6, 6.07) is 0. The van der Waals surface area contributed by atoms with Gasteiger partial charge in [-0.25, -0.2) is 0 Å². The predicted molar refractivity (Wildman–Crippen MR) is 63.9 cm³/mol. The van der Waals surface area contributed by atoms with Crippen LogP contribution < -0.4 is 0 Å². The highest BCUT2D eigenvalue weighted by atomic mass is 16.2. The molecule has 0 heterocycles. The molecule has 3 fully saturated rings. The number of carbonyl (C=O) groups is 1. The van der Waals surface area contributed by atoms with E-state index in [1.165, 1.54) is 32.1 Å². The van der Waals surface area contributed by atoms with E-state index in [4.69, 9.17) is 0 Å². The van der Waals surface area contributed by atoms with Crippen molar-refractivity contribution in [3.63, 3.8) is 0 Å². The fraction of sp³-hybridized carbons (Fsp3) is 0.929. The lowest BCUT2D eigenvalue weighted by molar-refractivity contribution is -0.136. The molecule has 16 heavy (non-hydrogen) atoms. The minimum absolute atomic E-state index is 0.397. The van der Waals surface area contributed by atoms with Gasteiger partial charge < -0.3 is 4.90 Å². The molecule has 0 aliphatic heterocycles. The summed E-state index contributed by atoms with van der Waals surface area (Å²) in [5.41, 5.74) is 0. The number of amides is 1. The van der Waals surface area contributed by atoms with E-state index in [1.54, 1.807) is 0 Å². The fourth-order valence-corrected chi connectivity index (χ4v) is 3.35. The second-order valence-electron chi connectivity index (χ2n) is 6.15. The van der Waals surface area contributed by atoms with Gasteiger partial charge in [-0.2, -0.15) is 0 Å². The first kappa shape index (κ1) is 10.6. The zero-order chi connectivity index (χ0) is 11.1. The van der Waals surface area contributed by atoms with E-state index in [-0.39, 0.29) is 0 Å². The van der Waals surface area contributed by atoms with E-state index in [0.717, 1.165) is 37.3 Å². The first-order valence-electron chi connectivity index (χ1n) is 7.06. The maximum absolute atomic E-state index is 12.4. The molecule has 3 aliphatic rings. The van der Waals surface area contributed by atoms with Crippen LogP contribution in [-0.2, 0) is 4.79 Å². The van der Waals surface area contributed by atoms with Gasteiger partial charge in [0, 0.05) is 19.0 Å². The normalized spacial score (nSPS) is 35.9. The van der Waals surface area contributed by atoms with Crippen LogP contribution in [0.3, 0.4) is 0 Å². The standard InChI is InChI=1S/C14H23NO/c1-2-5-15(9-10-3-4-10)14(16)13-7-11-6-12(11)8-13/h10-13H,2-9H2,1H3. The highest BCUT2D eigenvalue weighted by Crippen LogP contribution is 2.54. The third kappa shape index (κ3) is 2.11. The lowest BCUT2D eigenvalue weighted by atomic mass is 10.0. The van der Waals surface area contributed by atoms with E-state index in [9.17, 15) is 4.79 Å². The van der Waals surface area contributed by atoms with Gasteiger partial charge in [-0.15, -0.1) is 0 Å². The lowest BCUT2D eigenvalue weighted by Gasteiger charge is -2.25. The number of hydrogen-bond acceptors (Lipinski definition) is 1. The minimum atomic E-state index is 0.397. The fourth-order valence-electron chi connectivity index (χ4n) is 3.35. The lowest BCUT2D eigenvalue weighted by Crippen LogP contribution is -2.37. The van der Waals surface area contributed by atoms with Crippen molar-refractivity contribution in [2.75, 3.05) is 13.1 Å². The second kappa shape index (κ2) is 4.05. The summed E-state index contributed by atoms with van der Waals surface area (Å²) in [6.45, 7) is 4.22. The van der Waals surface area contributed by atoms with Crippen molar-refractivity contribution < 1.29 is 4.79 Å². The Balaban J connectivity index is 1.56. The van der Waals surface area contributed by atoms with Gasteiger partial charge in [0.2, 0.25) is 5.91 Å². The quantitative estimate of drug-likeness (QED) is 0.699. The van der Waals surface area contributed by atoms with E-state index in [1.807, 2.05) is 0 Å². The summed E-state index contributed by atoms with van der Waals surface area (Å²) in [5.74, 6) is 3.58. The third-order valence-corrected chi connectivity index (χ3v) is 4.57. The molecule has 2 unspecified atom stereocenters. The van der Waals surface area contributed by atoms with Crippen LogP contribution in [0.25, 0.3) is 0 Å². The Labute approximate surface area is 98.4 Å². The van der Waals surface area contributed by atoms with Gasteiger partial charge in [0.05, 0.1) is 0 Å². The van der Waals surface area contributed by atoms with Crippen molar-refractivity contribution >= 4 is 5.91 Å². The minimum Gasteiger partial charge on any atom is -0.342 e. The van der Waals surface area contributed by atoms with Crippen LogP contribution in [0.5, 0.6) is 0 Å². The molecule has 0 aromatic carbocycles. The molecule has 0 saturated heterocycles. The summed E-state index contributed by atoms with van der Waals surface area (Å²) >= 11 is 0.